The smallest absolute Gasteiger partial charge is 0.277 e. The van der Waals surface area contributed by atoms with Crippen molar-refractivity contribution in [1.29, 1.82) is 0 Å². The number of ether oxygens (including phenoxy) is 1. The molecule has 0 unspecified atom stereocenters. The van der Waals surface area contributed by atoms with E-state index in [1.165, 1.54) is 6.21 Å². The number of aromatic hydroxyl groups is 1. The zero-order valence-electron chi connectivity index (χ0n) is 14.6. The summed E-state index contributed by atoms with van der Waals surface area (Å²) in [6.45, 7) is 3.45. The zero-order chi connectivity index (χ0) is 18.5. The van der Waals surface area contributed by atoms with Gasteiger partial charge in [-0.1, -0.05) is 18.2 Å². The number of fused-ring (bicyclic) bond motifs is 1. The molecule has 6 nitrogen and oxygen atoms in total. The van der Waals surface area contributed by atoms with Gasteiger partial charge in [-0.25, -0.2) is 5.43 Å². The Morgan fingerprint density at radius 2 is 1.96 bits per heavy atom. The number of hydrogen-bond donors (Lipinski definition) is 2. The minimum absolute atomic E-state index is 0.166. The molecule has 0 aliphatic carbocycles. The minimum Gasteiger partial charge on any atom is -0.507 e. The summed E-state index contributed by atoms with van der Waals surface area (Å²) < 4.78 is 5.56. The van der Waals surface area contributed by atoms with Crippen LogP contribution in [0, 0.1) is 13.8 Å². The fourth-order valence-electron chi connectivity index (χ4n) is 2.61. The second-order valence-corrected chi connectivity index (χ2v) is 5.92. The Bertz CT molecular complexity index is 955. The number of carbonyl (C=O) groups is 1. The van der Waals surface area contributed by atoms with Gasteiger partial charge in [0, 0.05) is 11.6 Å². The van der Waals surface area contributed by atoms with Gasteiger partial charge in [-0.3, -0.25) is 9.78 Å². The van der Waals surface area contributed by atoms with E-state index in [4.69, 9.17) is 4.74 Å². The molecule has 0 bridgehead atoms. The van der Waals surface area contributed by atoms with Crippen LogP contribution in [0.3, 0.4) is 0 Å². The number of hydrazone groups is 1. The maximum Gasteiger partial charge on any atom is 0.277 e. The number of phenols is 1. The molecule has 1 heterocycles. The first kappa shape index (κ1) is 17.4. The predicted molar refractivity (Wildman–Crippen MR) is 101 cm³/mol. The average molecular weight is 349 g/mol. The first-order chi connectivity index (χ1) is 12.5. The molecule has 0 saturated heterocycles. The lowest BCUT2D eigenvalue weighted by atomic mass is 10.1. The number of aryl methyl sites for hydroxylation is 2. The molecule has 0 aliphatic rings. The molecular formula is C20H19N3O3. The Morgan fingerprint density at radius 1 is 1.23 bits per heavy atom. The second-order valence-electron chi connectivity index (χ2n) is 5.92. The van der Waals surface area contributed by atoms with Crippen LogP contribution in [0.5, 0.6) is 11.5 Å². The lowest BCUT2D eigenvalue weighted by Crippen LogP contribution is -2.24. The zero-order valence-corrected chi connectivity index (χ0v) is 14.6. The second kappa shape index (κ2) is 7.65. The molecule has 2 aromatic carbocycles. The largest absolute Gasteiger partial charge is 0.507 e. The topological polar surface area (TPSA) is 83.8 Å². The number of nitrogens with one attached hydrogen (secondary N) is 1. The molecule has 0 fully saturated rings. The highest BCUT2D eigenvalue weighted by atomic mass is 16.5. The Kier molecular flexibility index (Phi) is 5.12. The molecule has 0 aliphatic heterocycles. The Labute approximate surface area is 151 Å². The first-order valence-corrected chi connectivity index (χ1v) is 8.13. The fourth-order valence-corrected chi connectivity index (χ4v) is 2.61. The molecular weight excluding hydrogens is 330 g/mol. The molecule has 1 amide bonds. The van der Waals surface area contributed by atoms with Crippen molar-refractivity contribution in [3.05, 3.63) is 65.4 Å². The molecule has 0 atom stereocenters. The summed E-state index contributed by atoms with van der Waals surface area (Å²) in [6.07, 6.45) is 3.21. The molecule has 2 N–H and O–H groups in total. The number of aromatic nitrogens is 1. The van der Waals surface area contributed by atoms with Crippen molar-refractivity contribution in [3.63, 3.8) is 0 Å². The van der Waals surface area contributed by atoms with Crippen molar-refractivity contribution >= 4 is 23.0 Å². The molecule has 26 heavy (non-hydrogen) atoms. The van der Waals surface area contributed by atoms with E-state index in [1.807, 2.05) is 38.1 Å². The molecule has 0 saturated carbocycles. The number of amides is 1. The van der Waals surface area contributed by atoms with E-state index < -0.39 is 0 Å². The number of para-hydroxylation sites is 1. The van der Waals surface area contributed by atoms with Gasteiger partial charge in [0.15, 0.2) is 6.61 Å². The fraction of sp³-hybridized carbons (Fsp3) is 0.150. The third kappa shape index (κ3) is 3.97. The van der Waals surface area contributed by atoms with Crippen molar-refractivity contribution in [3.8, 4) is 11.5 Å². The standard InChI is InChI=1S/C20H19N3O3/c1-13-9-15(10-14(2)20(13)25)11-22-23-18(24)12-26-17-7-3-5-16-6-4-8-21-19(16)17/h3-11,25H,12H2,1-2H3,(H,23,24)/b22-11-. The van der Waals surface area contributed by atoms with Gasteiger partial charge in [-0.15, -0.1) is 0 Å². The van der Waals surface area contributed by atoms with E-state index in [2.05, 4.69) is 15.5 Å². The maximum absolute atomic E-state index is 11.9. The summed E-state index contributed by atoms with van der Waals surface area (Å²) in [4.78, 5) is 16.2. The van der Waals surface area contributed by atoms with Gasteiger partial charge in [0.2, 0.25) is 0 Å². The first-order valence-electron chi connectivity index (χ1n) is 8.13. The van der Waals surface area contributed by atoms with E-state index in [0.29, 0.717) is 11.3 Å². The van der Waals surface area contributed by atoms with Crippen LogP contribution in [0.25, 0.3) is 10.9 Å². The third-order valence-corrected chi connectivity index (χ3v) is 3.87. The summed E-state index contributed by atoms with van der Waals surface area (Å²) in [5.41, 5.74) is 5.43. The van der Waals surface area contributed by atoms with Crippen molar-refractivity contribution in [2.45, 2.75) is 13.8 Å². The van der Waals surface area contributed by atoms with E-state index in [1.54, 1.807) is 24.4 Å². The lowest BCUT2D eigenvalue weighted by molar-refractivity contribution is -0.123. The minimum atomic E-state index is -0.374. The molecule has 3 aromatic rings. The summed E-state index contributed by atoms with van der Waals surface area (Å²) in [5.74, 6) is 0.441. The van der Waals surface area contributed by atoms with E-state index in [-0.39, 0.29) is 18.3 Å². The third-order valence-electron chi connectivity index (χ3n) is 3.87. The van der Waals surface area contributed by atoms with E-state index in [9.17, 15) is 9.90 Å². The average Bonchev–Trinajstić information content (AvgIpc) is 2.64. The van der Waals surface area contributed by atoms with Gasteiger partial charge in [0.1, 0.15) is 17.0 Å². The van der Waals surface area contributed by atoms with Crippen LogP contribution in [0.1, 0.15) is 16.7 Å². The normalized spacial score (nSPS) is 11.0. The van der Waals surface area contributed by atoms with Crippen molar-refractivity contribution < 1.29 is 14.6 Å². The van der Waals surface area contributed by atoms with Crippen LogP contribution in [0.2, 0.25) is 0 Å². The van der Waals surface area contributed by atoms with E-state index >= 15 is 0 Å². The van der Waals surface area contributed by atoms with Gasteiger partial charge in [-0.05, 0) is 54.8 Å². The summed E-state index contributed by atoms with van der Waals surface area (Å²) in [6, 6.07) is 12.9. The van der Waals surface area contributed by atoms with Gasteiger partial charge in [0.05, 0.1) is 6.21 Å². The van der Waals surface area contributed by atoms with Gasteiger partial charge in [0.25, 0.3) is 5.91 Å². The van der Waals surface area contributed by atoms with Crippen LogP contribution < -0.4 is 10.2 Å². The van der Waals surface area contributed by atoms with Gasteiger partial charge < -0.3 is 9.84 Å². The highest BCUT2D eigenvalue weighted by Crippen LogP contribution is 2.23. The molecule has 1 aromatic heterocycles. The highest BCUT2D eigenvalue weighted by Gasteiger charge is 2.06. The van der Waals surface area contributed by atoms with Gasteiger partial charge >= 0.3 is 0 Å². The number of nitrogens with zero attached hydrogens (tertiary/aromatic N) is 2. The molecule has 132 valence electrons. The summed E-state index contributed by atoms with van der Waals surface area (Å²) in [5, 5.41) is 14.6. The molecule has 3 rings (SSSR count). The van der Waals surface area contributed by atoms with Crippen LogP contribution in [0.15, 0.2) is 53.8 Å². The summed E-state index contributed by atoms with van der Waals surface area (Å²) in [7, 11) is 0. The Balaban J connectivity index is 1.59. The monoisotopic (exact) mass is 349 g/mol. The number of carbonyl (C=O) groups excluding carboxylic acids is 1. The predicted octanol–water partition coefficient (Wildman–Crippen LogP) is 3.09. The van der Waals surface area contributed by atoms with Gasteiger partial charge in [-0.2, -0.15) is 5.10 Å². The summed E-state index contributed by atoms with van der Waals surface area (Å²) >= 11 is 0. The Hall–Kier alpha value is -3.41. The quantitative estimate of drug-likeness (QED) is 0.548. The van der Waals surface area contributed by atoms with Crippen LogP contribution in [-0.2, 0) is 4.79 Å². The molecule has 6 heteroatoms. The molecule has 0 spiro atoms. The van der Waals surface area contributed by atoms with Crippen molar-refractivity contribution in [1.82, 2.24) is 10.4 Å². The number of rotatable bonds is 5. The lowest BCUT2D eigenvalue weighted by Gasteiger charge is -2.07. The number of phenolic OH excluding ortho intramolecular Hbond substituents is 1. The van der Waals surface area contributed by atoms with Crippen LogP contribution in [0.4, 0.5) is 0 Å². The SMILES string of the molecule is Cc1cc(/C=N\NC(=O)COc2cccc3cccnc23)cc(C)c1O. The van der Waals surface area contributed by atoms with E-state index in [0.717, 1.165) is 22.1 Å². The molecule has 0 radical (unpaired) electrons. The van der Waals surface area contributed by atoms with Crippen LogP contribution >= 0.6 is 0 Å². The number of pyridine rings is 1. The Morgan fingerprint density at radius 3 is 2.73 bits per heavy atom. The maximum atomic E-state index is 11.9. The van der Waals surface area contributed by atoms with Crippen molar-refractivity contribution in [2.75, 3.05) is 6.61 Å². The highest BCUT2D eigenvalue weighted by molar-refractivity contribution is 5.86. The van der Waals surface area contributed by atoms with Crippen molar-refractivity contribution in [2.24, 2.45) is 5.10 Å². The number of benzene rings is 2. The number of hydrogen-bond acceptors (Lipinski definition) is 5. The van der Waals surface area contributed by atoms with Crippen LogP contribution in [-0.4, -0.2) is 28.8 Å².